The lowest BCUT2D eigenvalue weighted by Gasteiger charge is -2.11. The summed E-state index contributed by atoms with van der Waals surface area (Å²) in [5.74, 6) is 0.455. The van der Waals surface area contributed by atoms with Crippen molar-refractivity contribution in [2.45, 2.75) is 31.6 Å². The van der Waals surface area contributed by atoms with Gasteiger partial charge in [0.25, 0.3) is 0 Å². The third-order valence-electron chi connectivity index (χ3n) is 2.96. The minimum Gasteiger partial charge on any atom is -0.207 e. The maximum Gasteiger partial charge on any atom is 0.123 e. The van der Waals surface area contributed by atoms with Gasteiger partial charge in [0, 0.05) is 0 Å². The average Bonchev–Trinajstić information content (AvgIpc) is 2.27. The van der Waals surface area contributed by atoms with E-state index in [1.165, 1.54) is 11.6 Å². The monoisotopic (exact) mass is 212 g/mol. The van der Waals surface area contributed by atoms with Crippen LogP contribution in [-0.2, 0) is 6.42 Å². The molecule has 76 valence electrons. The van der Waals surface area contributed by atoms with Gasteiger partial charge < -0.3 is 0 Å². The predicted molar refractivity (Wildman–Crippen MR) is 57.1 cm³/mol. The molecule has 0 aliphatic heterocycles. The van der Waals surface area contributed by atoms with Crippen LogP contribution in [0.1, 0.15) is 36.3 Å². The number of halogens is 2. The van der Waals surface area contributed by atoms with Gasteiger partial charge in [-0.2, -0.15) is 0 Å². The van der Waals surface area contributed by atoms with Crippen molar-refractivity contribution in [1.29, 1.82) is 0 Å². The molecule has 14 heavy (non-hydrogen) atoms. The summed E-state index contributed by atoms with van der Waals surface area (Å²) in [7, 11) is 0. The molecule has 1 aliphatic rings. The Balaban J connectivity index is 2.39. The molecule has 1 aromatic rings. The third kappa shape index (κ3) is 1.93. The van der Waals surface area contributed by atoms with Crippen LogP contribution in [0.2, 0.25) is 0 Å². The van der Waals surface area contributed by atoms with Crippen LogP contribution in [-0.4, -0.2) is 0 Å². The van der Waals surface area contributed by atoms with E-state index in [0.717, 1.165) is 24.8 Å². The summed E-state index contributed by atoms with van der Waals surface area (Å²) in [4.78, 5) is 0. The van der Waals surface area contributed by atoms with E-state index in [2.05, 4.69) is 6.92 Å². The lowest BCUT2D eigenvalue weighted by molar-refractivity contribution is 0.503. The maximum absolute atomic E-state index is 13.0. The zero-order valence-electron chi connectivity index (χ0n) is 8.26. The van der Waals surface area contributed by atoms with E-state index < -0.39 is 0 Å². The fraction of sp³-hybridized carbons (Fsp3) is 0.500. The van der Waals surface area contributed by atoms with Crippen LogP contribution < -0.4 is 0 Å². The van der Waals surface area contributed by atoms with Gasteiger partial charge in [0.15, 0.2) is 0 Å². The van der Waals surface area contributed by atoms with Crippen molar-refractivity contribution in [3.8, 4) is 0 Å². The van der Waals surface area contributed by atoms with E-state index in [-0.39, 0.29) is 11.2 Å². The number of alkyl halides is 1. The minimum atomic E-state index is -0.177. The second-order valence-corrected chi connectivity index (χ2v) is 4.72. The van der Waals surface area contributed by atoms with Crippen molar-refractivity contribution in [2.75, 3.05) is 0 Å². The fourth-order valence-electron chi connectivity index (χ4n) is 2.09. The summed E-state index contributed by atoms with van der Waals surface area (Å²) in [6.07, 6.45) is 3.14. The highest BCUT2D eigenvalue weighted by Crippen LogP contribution is 2.36. The van der Waals surface area contributed by atoms with Crippen molar-refractivity contribution in [2.24, 2.45) is 5.92 Å². The van der Waals surface area contributed by atoms with Gasteiger partial charge >= 0.3 is 0 Å². The van der Waals surface area contributed by atoms with Crippen LogP contribution in [0, 0.1) is 11.7 Å². The van der Waals surface area contributed by atoms with Crippen LogP contribution in [0.3, 0.4) is 0 Å². The molecule has 0 bridgehead atoms. The van der Waals surface area contributed by atoms with Crippen molar-refractivity contribution in [1.82, 2.24) is 0 Å². The molecule has 1 aromatic carbocycles. The molecule has 0 nitrogen and oxygen atoms in total. The summed E-state index contributed by atoms with van der Waals surface area (Å²) < 4.78 is 13.0. The number of benzene rings is 1. The molecular weight excluding hydrogens is 199 g/mol. The quantitative estimate of drug-likeness (QED) is 0.449. The smallest absolute Gasteiger partial charge is 0.123 e. The molecule has 2 atom stereocenters. The first-order valence-electron chi connectivity index (χ1n) is 5.09. The largest absolute Gasteiger partial charge is 0.207 e. The van der Waals surface area contributed by atoms with Gasteiger partial charge in [0.1, 0.15) is 5.82 Å². The molecule has 2 heteroatoms. The van der Waals surface area contributed by atoms with Gasteiger partial charge in [-0.25, -0.2) is 4.39 Å². The second kappa shape index (κ2) is 3.90. The molecule has 1 aliphatic carbocycles. The number of hydrogen-bond acceptors (Lipinski definition) is 0. The molecule has 0 amide bonds. The number of fused-ring (bicyclic) bond motifs is 1. The highest BCUT2D eigenvalue weighted by Gasteiger charge is 2.20. The molecule has 0 fully saturated rings. The number of hydrogen-bond donors (Lipinski definition) is 0. The molecule has 0 radical (unpaired) electrons. The molecule has 2 rings (SSSR count). The highest BCUT2D eigenvalue weighted by molar-refractivity contribution is 6.20. The standard InChI is InChI=1S/C12H14ClF/c1-8-2-3-9-4-5-10(14)7-11(9)12(13)6-8/h4-5,7-8,12H,2-3,6H2,1H3. The van der Waals surface area contributed by atoms with Gasteiger partial charge in [0.2, 0.25) is 0 Å². The Hall–Kier alpha value is -0.560. The lowest BCUT2D eigenvalue weighted by Crippen LogP contribution is -1.96. The molecule has 2 unspecified atom stereocenters. The van der Waals surface area contributed by atoms with E-state index in [1.807, 2.05) is 6.07 Å². The summed E-state index contributed by atoms with van der Waals surface area (Å²) in [6.45, 7) is 2.21. The fourth-order valence-corrected chi connectivity index (χ4v) is 2.59. The highest BCUT2D eigenvalue weighted by atomic mass is 35.5. The van der Waals surface area contributed by atoms with E-state index in [9.17, 15) is 4.39 Å². The van der Waals surface area contributed by atoms with Gasteiger partial charge in [-0.1, -0.05) is 13.0 Å². The van der Waals surface area contributed by atoms with E-state index >= 15 is 0 Å². The summed E-state index contributed by atoms with van der Waals surface area (Å²) in [5, 5.41) is -0.0156. The van der Waals surface area contributed by atoms with E-state index in [0.29, 0.717) is 5.92 Å². The summed E-state index contributed by atoms with van der Waals surface area (Å²) >= 11 is 6.25. The van der Waals surface area contributed by atoms with Crippen LogP contribution in [0.5, 0.6) is 0 Å². The third-order valence-corrected chi connectivity index (χ3v) is 3.37. The Morgan fingerprint density at radius 1 is 1.43 bits per heavy atom. The molecule has 0 heterocycles. The first-order valence-corrected chi connectivity index (χ1v) is 5.53. The molecule has 0 aromatic heterocycles. The molecular formula is C12H14ClF. The zero-order chi connectivity index (χ0) is 10.1. The van der Waals surface area contributed by atoms with Crippen molar-refractivity contribution in [3.63, 3.8) is 0 Å². The molecule has 0 N–H and O–H groups in total. The van der Waals surface area contributed by atoms with Crippen molar-refractivity contribution in [3.05, 3.63) is 35.1 Å². The molecule has 0 saturated heterocycles. The predicted octanol–water partition coefficient (Wildman–Crippen LogP) is 4.08. The minimum absolute atomic E-state index is 0.0156. The maximum atomic E-state index is 13.0. The average molecular weight is 213 g/mol. The van der Waals surface area contributed by atoms with Crippen LogP contribution in [0.25, 0.3) is 0 Å². The van der Waals surface area contributed by atoms with Gasteiger partial charge in [-0.3, -0.25) is 0 Å². The SMILES string of the molecule is CC1CCc2ccc(F)cc2C(Cl)C1. The molecule has 0 spiro atoms. The Bertz CT molecular complexity index is 335. The second-order valence-electron chi connectivity index (χ2n) is 4.19. The van der Waals surface area contributed by atoms with Gasteiger partial charge in [-0.05, 0) is 48.4 Å². The van der Waals surface area contributed by atoms with Crippen LogP contribution >= 0.6 is 11.6 Å². The van der Waals surface area contributed by atoms with Crippen molar-refractivity contribution < 1.29 is 4.39 Å². The van der Waals surface area contributed by atoms with E-state index in [1.54, 1.807) is 6.07 Å². The Labute approximate surface area is 89.1 Å². The topological polar surface area (TPSA) is 0 Å². The van der Waals surface area contributed by atoms with Crippen LogP contribution in [0.4, 0.5) is 4.39 Å². The Kier molecular flexibility index (Phi) is 2.78. The lowest BCUT2D eigenvalue weighted by atomic mass is 10.0. The van der Waals surface area contributed by atoms with Gasteiger partial charge in [-0.15, -0.1) is 11.6 Å². The Morgan fingerprint density at radius 3 is 3.00 bits per heavy atom. The van der Waals surface area contributed by atoms with E-state index in [4.69, 9.17) is 11.6 Å². The first kappa shape index (κ1) is 9.97. The number of aryl methyl sites for hydroxylation is 1. The van der Waals surface area contributed by atoms with Crippen molar-refractivity contribution >= 4 is 11.6 Å². The molecule has 0 saturated carbocycles. The first-order chi connectivity index (χ1) is 6.66. The number of rotatable bonds is 0. The summed E-state index contributed by atoms with van der Waals surface area (Å²) in [6, 6.07) is 4.99. The normalized spacial score (nSPS) is 26.8. The zero-order valence-corrected chi connectivity index (χ0v) is 9.02. The van der Waals surface area contributed by atoms with Gasteiger partial charge in [0.05, 0.1) is 5.38 Å². The summed E-state index contributed by atoms with van der Waals surface area (Å²) in [5.41, 5.74) is 2.21. The Morgan fingerprint density at radius 2 is 2.21 bits per heavy atom. The van der Waals surface area contributed by atoms with Crippen LogP contribution in [0.15, 0.2) is 18.2 Å².